The molecule has 0 aliphatic carbocycles. The Morgan fingerprint density at radius 1 is 1.13 bits per heavy atom. The van der Waals surface area contributed by atoms with Crippen molar-refractivity contribution in [2.45, 2.75) is 83.3 Å². The van der Waals surface area contributed by atoms with Gasteiger partial charge in [0, 0.05) is 24.3 Å². The summed E-state index contributed by atoms with van der Waals surface area (Å²) in [7, 11) is 0. The number of fused-ring (bicyclic) bond motifs is 1. The number of nitrogens with one attached hydrogen (secondary N) is 1. The minimum Gasteiger partial charge on any atom is -0.460 e. The molecule has 0 aromatic heterocycles. The molecular weight excluding hydrogens is 390 g/mol. The number of Topliss-reactive ketones (excluding diaryl/α,β-unsaturated/α-hetero) is 1. The molecule has 0 unspecified atom stereocenters. The number of cyclic esters (lactones) is 1. The molecule has 8 heteroatoms. The van der Waals surface area contributed by atoms with Gasteiger partial charge in [-0.2, -0.15) is 0 Å². The van der Waals surface area contributed by atoms with Crippen molar-refractivity contribution < 1.29 is 33.4 Å². The largest absolute Gasteiger partial charge is 0.460 e. The average molecular weight is 419 g/mol. The Balaban J connectivity index is 1.56. The molecule has 4 rings (SSSR count). The van der Waals surface area contributed by atoms with Gasteiger partial charge in [-0.05, 0) is 38.7 Å². The summed E-state index contributed by atoms with van der Waals surface area (Å²) >= 11 is 0. The van der Waals surface area contributed by atoms with Gasteiger partial charge in [0.25, 0.3) is 0 Å². The summed E-state index contributed by atoms with van der Waals surface area (Å²) in [6, 6.07) is -0.380. The fourth-order valence-corrected chi connectivity index (χ4v) is 5.34. The Bertz CT molecular complexity index is 805. The fraction of sp³-hybridized carbons (Fsp3) is 0.727. The van der Waals surface area contributed by atoms with Gasteiger partial charge < -0.3 is 19.5 Å². The third-order valence-corrected chi connectivity index (χ3v) is 6.90. The number of amides is 1. The second-order valence-corrected chi connectivity index (χ2v) is 8.96. The van der Waals surface area contributed by atoms with Crippen LogP contribution in [0.5, 0.6) is 0 Å². The quantitative estimate of drug-likeness (QED) is 0.680. The van der Waals surface area contributed by atoms with E-state index in [1.165, 1.54) is 0 Å². The van der Waals surface area contributed by atoms with Crippen molar-refractivity contribution >= 4 is 23.6 Å². The van der Waals surface area contributed by atoms with Crippen LogP contribution in [0.4, 0.5) is 0 Å². The third-order valence-electron chi connectivity index (χ3n) is 6.90. The molecule has 3 saturated heterocycles. The van der Waals surface area contributed by atoms with E-state index in [0.29, 0.717) is 31.3 Å². The highest BCUT2D eigenvalue weighted by Gasteiger charge is 2.60. The third kappa shape index (κ3) is 3.55. The molecule has 164 valence electrons. The second kappa shape index (κ2) is 7.80. The predicted molar refractivity (Wildman–Crippen MR) is 104 cm³/mol. The Morgan fingerprint density at radius 2 is 1.90 bits per heavy atom. The van der Waals surface area contributed by atoms with Crippen LogP contribution in [0.25, 0.3) is 0 Å². The first-order chi connectivity index (χ1) is 14.2. The molecule has 7 atom stereocenters. The van der Waals surface area contributed by atoms with Crippen LogP contribution >= 0.6 is 0 Å². The van der Waals surface area contributed by atoms with Crippen molar-refractivity contribution in [2.75, 3.05) is 0 Å². The summed E-state index contributed by atoms with van der Waals surface area (Å²) in [5.41, 5.74) is 0.472. The lowest BCUT2D eigenvalue weighted by Gasteiger charge is -2.29. The van der Waals surface area contributed by atoms with Crippen molar-refractivity contribution in [1.82, 2.24) is 5.32 Å². The van der Waals surface area contributed by atoms with E-state index in [0.717, 1.165) is 0 Å². The zero-order valence-electron chi connectivity index (χ0n) is 17.6. The molecule has 1 amide bonds. The Labute approximate surface area is 175 Å². The van der Waals surface area contributed by atoms with Crippen molar-refractivity contribution in [3.05, 3.63) is 11.6 Å². The van der Waals surface area contributed by atoms with E-state index in [1.807, 2.05) is 6.92 Å². The number of carbonyl (C=O) groups excluding carboxylic acids is 4. The highest BCUT2D eigenvalue weighted by atomic mass is 16.7. The molecule has 1 spiro atoms. The van der Waals surface area contributed by atoms with Gasteiger partial charge in [-0.3, -0.25) is 14.4 Å². The van der Waals surface area contributed by atoms with Gasteiger partial charge in [-0.1, -0.05) is 13.8 Å². The maximum Gasteiger partial charge on any atom is 0.336 e. The van der Waals surface area contributed by atoms with E-state index >= 15 is 0 Å². The Morgan fingerprint density at radius 3 is 2.50 bits per heavy atom. The molecule has 4 heterocycles. The first-order valence-corrected chi connectivity index (χ1v) is 10.9. The normalized spacial score (nSPS) is 41.9. The van der Waals surface area contributed by atoms with Crippen LogP contribution in [-0.4, -0.2) is 47.7 Å². The lowest BCUT2D eigenvalue weighted by atomic mass is 9.77. The molecule has 0 aromatic carbocycles. The van der Waals surface area contributed by atoms with Crippen LogP contribution < -0.4 is 5.32 Å². The fourth-order valence-electron chi connectivity index (χ4n) is 5.34. The number of ketones is 1. The standard InChI is InChI=1S/C22H29NO7/c1-4-13-19-15(24)6-5-14(17-9-11(2)20(26)28-17)23-18(25)8-7-16(19)29-22(13)10-12(3)21(27)30-22/h10-11,13-14,16-17,19H,4-9H2,1-3H3,(H,23,25)/t11-,13-,14-,16+,17-,19+,22-/m0/s1. The maximum absolute atomic E-state index is 13.3. The van der Waals surface area contributed by atoms with Crippen LogP contribution in [0.3, 0.4) is 0 Å². The van der Waals surface area contributed by atoms with Gasteiger partial charge in [-0.15, -0.1) is 0 Å². The van der Waals surface area contributed by atoms with Crippen molar-refractivity contribution in [1.29, 1.82) is 0 Å². The zero-order chi connectivity index (χ0) is 21.6. The molecule has 4 aliphatic heterocycles. The van der Waals surface area contributed by atoms with Gasteiger partial charge in [-0.25, -0.2) is 4.79 Å². The van der Waals surface area contributed by atoms with E-state index in [1.54, 1.807) is 19.9 Å². The molecule has 1 N–H and O–H groups in total. The second-order valence-electron chi connectivity index (χ2n) is 8.96. The summed E-state index contributed by atoms with van der Waals surface area (Å²) in [6.07, 6.45) is 3.12. The van der Waals surface area contributed by atoms with E-state index < -0.39 is 29.9 Å². The molecule has 30 heavy (non-hydrogen) atoms. The number of hydrogen-bond donors (Lipinski definition) is 1. The van der Waals surface area contributed by atoms with E-state index in [4.69, 9.17) is 14.2 Å². The number of ether oxygens (including phenoxy) is 3. The van der Waals surface area contributed by atoms with Crippen LogP contribution in [0.1, 0.15) is 59.3 Å². The molecule has 8 nitrogen and oxygen atoms in total. The number of carbonyl (C=O) groups is 4. The maximum atomic E-state index is 13.3. The van der Waals surface area contributed by atoms with Crippen molar-refractivity contribution in [3.63, 3.8) is 0 Å². The summed E-state index contributed by atoms with van der Waals surface area (Å²) < 4.78 is 17.2. The highest BCUT2D eigenvalue weighted by Crippen LogP contribution is 2.49. The van der Waals surface area contributed by atoms with Crippen molar-refractivity contribution in [3.8, 4) is 0 Å². The molecule has 4 aliphatic rings. The minimum absolute atomic E-state index is 0.0382. The van der Waals surface area contributed by atoms with Gasteiger partial charge in [0.1, 0.15) is 11.9 Å². The molecular formula is C22H29NO7. The Kier molecular flexibility index (Phi) is 5.46. The zero-order valence-corrected chi connectivity index (χ0v) is 17.6. The van der Waals surface area contributed by atoms with Gasteiger partial charge in [0.15, 0.2) is 0 Å². The lowest BCUT2D eigenvalue weighted by Crippen LogP contribution is -2.45. The van der Waals surface area contributed by atoms with E-state index in [-0.39, 0.29) is 48.4 Å². The van der Waals surface area contributed by atoms with E-state index in [9.17, 15) is 19.2 Å². The van der Waals surface area contributed by atoms with E-state index in [2.05, 4.69) is 5.32 Å². The first kappa shape index (κ1) is 21.0. The molecule has 0 radical (unpaired) electrons. The molecule has 0 aromatic rings. The first-order valence-electron chi connectivity index (χ1n) is 10.9. The monoisotopic (exact) mass is 419 g/mol. The van der Waals surface area contributed by atoms with Crippen molar-refractivity contribution in [2.24, 2.45) is 17.8 Å². The van der Waals surface area contributed by atoms with Crippen LogP contribution in [0.15, 0.2) is 11.6 Å². The average Bonchev–Trinajstić information content (AvgIpc) is 3.29. The van der Waals surface area contributed by atoms with Crippen LogP contribution in [-0.2, 0) is 33.4 Å². The molecule has 3 fully saturated rings. The number of esters is 2. The summed E-state index contributed by atoms with van der Waals surface area (Å²) in [5, 5.41) is 2.95. The SMILES string of the molecule is CC[C@H]1[C@@H]2C(=O)CC[C@@H]([C@@H]3C[C@H](C)C(=O)O3)NC(=O)CC[C@H]2O[C@]12C=C(C)C(=O)O2. The molecule has 0 saturated carbocycles. The predicted octanol–water partition coefficient (Wildman–Crippen LogP) is 1.81. The van der Waals surface area contributed by atoms with Crippen LogP contribution in [0.2, 0.25) is 0 Å². The molecule has 0 bridgehead atoms. The van der Waals surface area contributed by atoms with Gasteiger partial charge in [0.2, 0.25) is 11.7 Å². The van der Waals surface area contributed by atoms with Crippen LogP contribution in [0, 0.1) is 17.8 Å². The number of rotatable bonds is 2. The minimum atomic E-state index is -1.22. The topological polar surface area (TPSA) is 108 Å². The number of hydrogen-bond acceptors (Lipinski definition) is 7. The van der Waals surface area contributed by atoms with Gasteiger partial charge >= 0.3 is 11.9 Å². The van der Waals surface area contributed by atoms with Gasteiger partial charge in [0.05, 0.1) is 24.0 Å². The Hall–Kier alpha value is -2.22. The summed E-state index contributed by atoms with van der Waals surface area (Å²) in [4.78, 5) is 49.8. The highest BCUT2D eigenvalue weighted by molar-refractivity contribution is 5.91. The summed E-state index contributed by atoms with van der Waals surface area (Å²) in [5.74, 6) is -2.97. The smallest absolute Gasteiger partial charge is 0.336 e. The lowest BCUT2D eigenvalue weighted by molar-refractivity contribution is -0.204. The summed E-state index contributed by atoms with van der Waals surface area (Å²) in [6.45, 7) is 5.43.